The van der Waals surface area contributed by atoms with Crippen LogP contribution in [0.1, 0.15) is 49.5 Å². The van der Waals surface area contributed by atoms with E-state index in [2.05, 4.69) is 5.32 Å². The van der Waals surface area contributed by atoms with Crippen LogP contribution in [0, 0.1) is 28.6 Å². The molecule has 1 N–H and O–H groups in total. The van der Waals surface area contributed by atoms with Crippen molar-refractivity contribution in [2.75, 3.05) is 6.61 Å². The normalized spacial score (nSPS) is 12.0. The van der Waals surface area contributed by atoms with E-state index in [0.29, 0.717) is 5.56 Å². The van der Waals surface area contributed by atoms with Crippen molar-refractivity contribution in [3.05, 3.63) is 35.4 Å². The quantitative estimate of drug-likeness (QED) is 0.837. The van der Waals surface area contributed by atoms with E-state index in [0.717, 1.165) is 0 Å². The summed E-state index contributed by atoms with van der Waals surface area (Å²) in [4.78, 5) is 24.8. The Morgan fingerprint density at radius 2 is 1.79 bits per heavy atom. The maximum absolute atomic E-state index is 12.7. The Kier molecular flexibility index (Phi) is 6.49. The molecule has 6 heteroatoms. The highest BCUT2D eigenvalue weighted by Gasteiger charge is 2.35. The lowest BCUT2D eigenvalue weighted by Gasteiger charge is -2.26. The van der Waals surface area contributed by atoms with Gasteiger partial charge < -0.3 is 10.1 Å². The van der Waals surface area contributed by atoms with Gasteiger partial charge in [0.15, 0.2) is 0 Å². The van der Waals surface area contributed by atoms with E-state index in [9.17, 15) is 20.1 Å². The molecular formula is C18H21N3O3. The average molecular weight is 327 g/mol. The lowest BCUT2D eigenvalue weighted by Crippen LogP contribution is -2.44. The predicted octanol–water partition coefficient (Wildman–Crippen LogP) is 2.52. The van der Waals surface area contributed by atoms with Gasteiger partial charge in [0.2, 0.25) is 5.91 Å². The summed E-state index contributed by atoms with van der Waals surface area (Å²) in [5.74, 6) is -3.37. The van der Waals surface area contributed by atoms with E-state index < -0.39 is 29.3 Å². The first-order valence-electron chi connectivity index (χ1n) is 7.62. The highest BCUT2D eigenvalue weighted by Crippen LogP contribution is 2.29. The fourth-order valence-corrected chi connectivity index (χ4v) is 2.26. The number of amides is 1. The molecule has 1 amide bonds. The van der Waals surface area contributed by atoms with Crippen LogP contribution >= 0.6 is 0 Å². The minimum atomic E-state index is -1.22. The molecule has 1 aromatic carbocycles. The molecule has 0 saturated carbocycles. The standard InChI is InChI=1S/C18H21N3O3/c1-5-24-17(23)14-9-7-6-8-13(14)15(12(10-19)11-20)16(22)21-18(2,3)4/h6-9,12,15H,5H2,1-4H3,(H,21,22). The third-order valence-electron chi connectivity index (χ3n) is 3.18. The van der Waals surface area contributed by atoms with Crippen molar-refractivity contribution in [3.63, 3.8) is 0 Å². The molecule has 0 aliphatic heterocycles. The first-order valence-corrected chi connectivity index (χ1v) is 7.62. The molecule has 0 radical (unpaired) electrons. The number of hydrogen-bond acceptors (Lipinski definition) is 5. The molecule has 126 valence electrons. The van der Waals surface area contributed by atoms with Crippen molar-refractivity contribution in [1.82, 2.24) is 5.32 Å². The first kappa shape index (κ1) is 19.2. The largest absolute Gasteiger partial charge is 0.462 e. The molecule has 0 aliphatic carbocycles. The summed E-state index contributed by atoms with van der Waals surface area (Å²) in [6.45, 7) is 7.26. The van der Waals surface area contributed by atoms with Gasteiger partial charge in [-0.2, -0.15) is 10.5 Å². The number of nitriles is 2. The Morgan fingerprint density at radius 1 is 1.21 bits per heavy atom. The maximum atomic E-state index is 12.7. The summed E-state index contributed by atoms with van der Waals surface area (Å²) in [5.41, 5.74) is -0.0429. The van der Waals surface area contributed by atoms with Crippen molar-refractivity contribution in [2.24, 2.45) is 5.92 Å². The second-order valence-corrected chi connectivity index (χ2v) is 6.26. The highest BCUT2D eigenvalue weighted by molar-refractivity contribution is 5.95. The molecule has 0 saturated heterocycles. The molecular weight excluding hydrogens is 306 g/mol. The number of nitrogens with zero attached hydrogens (tertiary/aromatic N) is 2. The monoisotopic (exact) mass is 327 g/mol. The number of esters is 1. The molecule has 1 unspecified atom stereocenters. The van der Waals surface area contributed by atoms with E-state index in [1.54, 1.807) is 45.9 Å². The van der Waals surface area contributed by atoms with Crippen molar-refractivity contribution >= 4 is 11.9 Å². The summed E-state index contributed by atoms with van der Waals surface area (Å²) in [5, 5.41) is 21.3. The molecule has 1 aromatic rings. The van der Waals surface area contributed by atoms with Gasteiger partial charge in [-0.1, -0.05) is 18.2 Å². The summed E-state index contributed by atoms with van der Waals surface area (Å²) in [6, 6.07) is 10.1. The zero-order valence-corrected chi connectivity index (χ0v) is 14.3. The van der Waals surface area contributed by atoms with Crippen molar-refractivity contribution in [2.45, 2.75) is 39.2 Å². The summed E-state index contributed by atoms with van der Waals surface area (Å²) < 4.78 is 5.01. The Balaban J connectivity index is 3.42. The number of rotatable bonds is 5. The van der Waals surface area contributed by atoms with Crippen molar-refractivity contribution < 1.29 is 14.3 Å². The van der Waals surface area contributed by atoms with E-state index in [-0.39, 0.29) is 12.2 Å². The van der Waals surface area contributed by atoms with Crippen molar-refractivity contribution in [3.8, 4) is 12.1 Å². The van der Waals surface area contributed by atoms with E-state index in [1.165, 1.54) is 6.07 Å². The minimum Gasteiger partial charge on any atom is -0.462 e. The van der Waals surface area contributed by atoms with Gasteiger partial charge in [-0.05, 0) is 39.3 Å². The van der Waals surface area contributed by atoms with Gasteiger partial charge in [-0.15, -0.1) is 0 Å². The molecule has 0 aromatic heterocycles. The lowest BCUT2D eigenvalue weighted by molar-refractivity contribution is -0.124. The summed E-state index contributed by atoms with van der Waals surface area (Å²) >= 11 is 0. The van der Waals surface area contributed by atoms with Gasteiger partial charge in [0.1, 0.15) is 5.92 Å². The van der Waals surface area contributed by atoms with Gasteiger partial charge >= 0.3 is 5.97 Å². The number of hydrogen-bond donors (Lipinski definition) is 1. The Bertz CT molecular complexity index is 679. The molecule has 0 spiro atoms. The zero-order chi connectivity index (χ0) is 18.3. The molecule has 6 nitrogen and oxygen atoms in total. The van der Waals surface area contributed by atoms with Crippen LogP contribution in [0.3, 0.4) is 0 Å². The molecule has 0 aliphatic rings. The van der Waals surface area contributed by atoms with Crippen molar-refractivity contribution in [1.29, 1.82) is 10.5 Å². The topological polar surface area (TPSA) is 103 Å². The van der Waals surface area contributed by atoms with Gasteiger partial charge in [-0.25, -0.2) is 4.79 Å². The van der Waals surface area contributed by atoms with Crippen LogP contribution in [0.5, 0.6) is 0 Å². The van der Waals surface area contributed by atoms with Crippen LogP contribution in [-0.2, 0) is 9.53 Å². The molecule has 24 heavy (non-hydrogen) atoms. The third kappa shape index (κ3) is 4.82. The van der Waals surface area contributed by atoms with Gasteiger partial charge in [0.25, 0.3) is 0 Å². The SMILES string of the molecule is CCOC(=O)c1ccccc1C(C(=O)NC(C)(C)C)C(C#N)C#N. The van der Waals surface area contributed by atoms with E-state index in [4.69, 9.17) is 4.74 Å². The molecule has 1 atom stereocenters. The lowest BCUT2D eigenvalue weighted by atomic mass is 9.83. The van der Waals surface area contributed by atoms with Crippen LogP contribution in [0.4, 0.5) is 0 Å². The number of carbonyl (C=O) groups excluding carboxylic acids is 2. The van der Waals surface area contributed by atoms with E-state index in [1.807, 2.05) is 12.1 Å². The Labute approximate surface area is 142 Å². The predicted molar refractivity (Wildman–Crippen MR) is 87.8 cm³/mol. The number of ether oxygens (including phenoxy) is 1. The fourth-order valence-electron chi connectivity index (χ4n) is 2.26. The van der Waals surface area contributed by atoms with Crippen LogP contribution in [0.25, 0.3) is 0 Å². The molecule has 0 fully saturated rings. The smallest absolute Gasteiger partial charge is 0.338 e. The Morgan fingerprint density at radius 3 is 2.29 bits per heavy atom. The van der Waals surface area contributed by atoms with Crippen LogP contribution in [-0.4, -0.2) is 24.0 Å². The van der Waals surface area contributed by atoms with Crippen LogP contribution < -0.4 is 5.32 Å². The second kappa shape index (κ2) is 8.12. The van der Waals surface area contributed by atoms with Crippen LogP contribution in [0.15, 0.2) is 24.3 Å². The number of carbonyl (C=O) groups is 2. The van der Waals surface area contributed by atoms with Gasteiger partial charge in [0, 0.05) is 5.54 Å². The zero-order valence-electron chi connectivity index (χ0n) is 14.3. The number of benzene rings is 1. The Hall–Kier alpha value is -2.86. The van der Waals surface area contributed by atoms with Gasteiger partial charge in [0.05, 0.1) is 30.2 Å². The maximum Gasteiger partial charge on any atom is 0.338 e. The average Bonchev–Trinajstić information content (AvgIpc) is 2.51. The third-order valence-corrected chi connectivity index (χ3v) is 3.18. The summed E-state index contributed by atoms with van der Waals surface area (Å²) in [6.07, 6.45) is 0. The highest BCUT2D eigenvalue weighted by atomic mass is 16.5. The first-order chi connectivity index (χ1) is 11.2. The van der Waals surface area contributed by atoms with Gasteiger partial charge in [-0.3, -0.25) is 4.79 Å². The number of nitrogens with one attached hydrogen (secondary N) is 1. The van der Waals surface area contributed by atoms with Crippen LogP contribution in [0.2, 0.25) is 0 Å². The minimum absolute atomic E-state index is 0.184. The van der Waals surface area contributed by atoms with E-state index >= 15 is 0 Å². The summed E-state index contributed by atoms with van der Waals surface area (Å²) in [7, 11) is 0. The molecule has 0 bridgehead atoms. The second-order valence-electron chi connectivity index (χ2n) is 6.26. The molecule has 0 heterocycles. The molecule has 1 rings (SSSR count). The fraction of sp³-hybridized carbons (Fsp3) is 0.444.